The summed E-state index contributed by atoms with van der Waals surface area (Å²) in [5.74, 6) is 9.91. The van der Waals surface area contributed by atoms with Gasteiger partial charge in [0, 0.05) is 12.8 Å². The number of hydrogen-bond donors (Lipinski definition) is 1. The van der Waals surface area contributed by atoms with Gasteiger partial charge >= 0.3 is 6.18 Å². The lowest BCUT2D eigenvalue weighted by atomic mass is 10.0. The van der Waals surface area contributed by atoms with Gasteiger partial charge in [0.15, 0.2) is 0 Å². The van der Waals surface area contributed by atoms with Crippen LogP contribution in [0.5, 0.6) is 0 Å². The Hall–Kier alpha value is -1.39. The summed E-state index contributed by atoms with van der Waals surface area (Å²) in [4.78, 5) is 0. The summed E-state index contributed by atoms with van der Waals surface area (Å²) >= 11 is 0. The van der Waals surface area contributed by atoms with Crippen LogP contribution in [-0.4, -0.2) is 16.9 Å². The molecule has 0 amide bonds. The second-order valence-electron chi connectivity index (χ2n) is 7.26. The van der Waals surface area contributed by atoms with Gasteiger partial charge < -0.3 is 5.11 Å². The Morgan fingerprint density at radius 1 is 0.714 bits per heavy atom. The summed E-state index contributed by atoms with van der Waals surface area (Å²) in [7, 11) is 0. The number of unbranched alkanes of at least 4 members (excludes halogenated alkanes) is 12. The molecular weight excluding hydrogens is 361 g/mol. The van der Waals surface area contributed by atoms with Crippen molar-refractivity contribution < 1.29 is 18.3 Å². The molecular formula is C24H37F3O. The molecule has 0 saturated heterocycles. The Balaban J connectivity index is 4.38. The Bertz CT molecular complexity index is 528. The largest absolute Gasteiger partial charge is 0.432 e. The second-order valence-corrected chi connectivity index (χ2v) is 7.26. The molecule has 1 N–H and O–H groups in total. The van der Waals surface area contributed by atoms with Crippen molar-refractivity contribution >= 4 is 0 Å². The molecule has 28 heavy (non-hydrogen) atoms. The van der Waals surface area contributed by atoms with Gasteiger partial charge in [-0.05, 0) is 25.0 Å². The third-order valence-electron chi connectivity index (χ3n) is 4.53. The van der Waals surface area contributed by atoms with Gasteiger partial charge in [-0.25, -0.2) is 0 Å². The van der Waals surface area contributed by atoms with Crippen LogP contribution in [0.3, 0.4) is 0 Å². The van der Waals surface area contributed by atoms with E-state index in [2.05, 4.69) is 31.6 Å². The summed E-state index contributed by atoms with van der Waals surface area (Å²) in [5.41, 5.74) is -3.12. The van der Waals surface area contributed by atoms with Gasteiger partial charge in [0.2, 0.25) is 5.60 Å². The van der Waals surface area contributed by atoms with Crippen LogP contribution in [0.1, 0.15) is 104 Å². The van der Waals surface area contributed by atoms with Gasteiger partial charge in [-0.1, -0.05) is 102 Å². The maximum absolute atomic E-state index is 13.1. The number of allylic oxidation sites excluding steroid dienone is 1. The van der Waals surface area contributed by atoms with Crippen LogP contribution in [0.15, 0.2) is 12.2 Å². The maximum atomic E-state index is 13.1. The zero-order valence-corrected chi connectivity index (χ0v) is 17.6. The van der Waals surface area contributed by atoms with E-state index in [9.17, 15) is 18.3 Å². The van der Waals surface area contributed by atoms with Crippen molar-refractivity contribution in [3.05, 3.63) is 12.2 Å². The Morgan fingerprint density at radius 2 is 1.18 bits per heavy atom. The van der Waals surface area contributed by atoms with Crippen LogP contribution in [0.25, 0.3) is 0 Å². The minimum Gasteiger partial charge on any atom is -0.367 e. The zero-order valence-electron chi connectivity index (χ0n) is 17.6. The average Bonchev–Trinajstić information content (AvgIpc) is 2.64. The van der Waals surface area contributed by atoms with Gasteiger partial charge in [0.1, 0.15) is 0 Å². The van der Waals surface area contributed by atoms with Crippen LogP contribution in [0.2, 0.25) is 0 Å². The Morgan fingerprint density at radius 3 is 1.68 bits per heavy atom. The number of aliphatic hydroxyl groups is 1. The van der Waals surface area contributed by atoms with Crippen molar-refractivity contribution in [3.8, 4) is 23.7 Å². The molecule has 0 radical (unpaired) electrons. The Kier molecular flexibility index (Phi) is 15.7. The van der Waals surface area contributed by atoms with Crippen LogP contribution in [0, 0.1) is 23.7 Å². The van der Waals surface area contributed by atoms with E-state index in [0.717, 1.165) is 51.0 Å². The molecule has 0 aromatic carbocycles. The first-order chi connectivity index (χ1) is 13.4. The third-order valence-corrected chi connectivity index (χ3v) is 4.53. The first kappa shape index (κ1) is 26.6. The fourth-order valence-corrected chi connectivity index (χ4v) is 2.69. The van der Waals surface area contributed by atoms with Crippen LogP contribution < -0.4 is 0 Å². The summed E-state index contributed by atoms with van der Waals surface area (Å²) in [6.45, 7) is 4.30. The number of alkyl halides is 3. The van der Waals surface area contributed by atoms with E-state index >= 15 is 0 Å². The smallest absolute Gasteiger partial charge is 0.367 e. The molecule has 4 heteroatoms. The van der Waals surface area contributed by atoms with Crippen molar-refractivity contribution in [2.45, 2.75) is 116 Å². The normalized spacial score (nSPS) is 13.5. The predicted octanol–water partition coefficient (Wildman–Crippen LogP) is 7.34. The minimum absolute atomic E-state index is 0.363. The molecule has 0 heterocycles. The summed E-state index contributed by atoms with van der Waals surface area (Å²) < 4.78 is 39.4. The fraction of sp³-hybridized carbons (Fsp3) is 0.750. The first-order valence-corrected chi connectivity index (χ1v) is 10.8. The quantitative estimate of drug-likeness (QED) is 0.254. The van der Waals surface area contributed by atoms with E-state index in [1.54, 1.807) is 0 Å². The molecule has 0 bridgehead atoms. The highest BCUT2D eigenvalue weighted by molar-refractivity contribution is 5.30. The van der Waals surface area contributed by atoms with Crippen molar-refractivity contribution in [2.75, 3.05) is 0 Å². The molecule has 0 rings (SSSR count). The highest BCUT2D eigenvalue weighted by atomic mass is 19.4. The molecule has 0 aliphatic rings. The van der Waals surface area contributed by atoms with Crippen molar-refractivity contribution in [3.63, 3.8) is 0 Å². The van der Waals surface area contributed by atoms with Crippen molar-refractivity contribution in [1.29, 1.82) is 0 Å². The number of rotatable bonds is 13. The standard InChI is InChI=1S/C24H37F3O/c1-3-5-7-9-11-13-14-16-18-20-22-23(28,24(25,26)27)21-19-17-15-12-10-8-6-4-2/h20,22,28H,3-15,17H2,1-2H3/b22-20+. The maximum Gasteiger partial charge on any atom is 0.432 e. The molecule has 0 aliphatic carbocycles. The van der Waals surface area contributed by atoms with Gasteiger partial charge in [0.05, 0.1) is 0 Å². The van der Waals surface area contributed by atoms with Gasteiger partial charge in [-0.3, -0.25) is 0 Å². The van der Waals surface area contributed by atoms with E-state index in [4.69, 9.17) is 0 Å². The van der Waals surface area contributed by atoms with E-state index in [-0.39, 0.29) is 0 Å². The third kappa shape index (κ3) is 13.7. The van der Waals surface area contributed by atoms with Crippen LogP contribution in [-0.2, 0) is 0 Å². The van der Waals surface area contributed by atoms with Gasteiger partial charge in [-0.15, -0.1) is 0 Å². The molecule has 1 unspecified atom stereocenters. The lowest BCUT2D eigenvalue weighted by Gasteiger charge is -2.21. The topological polar surface area (TPSA) is 20.2 Å². The SMILES string of the molecule is CCCCCCCCC#C/C=C/C(O)(C#CCCCCCCCC)C(F)(F)F. The predicted molar refractivity (Wildman–Crippen MR) is 112 cm³/mol. The summed E-state index contributed by atoms with van der Waals surface area (Å²) in [6.07, 6.45) is 11.1. The number of hydrogen-bond acceptors (Lipinski definition) is 1. The average molecular weight is 399 g/mol. The van der Waals surface area contributed by atoms with Crippen molar-refractivity contribution in [1.82, 2.24) is 0 Å². The second kappa shape index (κ2) is 16.6. The summed E-state index contributed by atoms with van der Waals surface area (Å²) in [5, 5.41) is 9.89. The zero-order chi connectivity index (χ0) is 21.1. The molecule has 0 saturated carbocycles. The van der Waals surface area contributed by atoms with E-state index in [1.165, 1.54) is 32.1 Å². The van der Waals surface area contributed by atoms with Crippen LogP contribution >= 0.6 is 0 Å². The van der Waals surface area contributed by atoms with Crippen LogP contribution in [0.4, 0.5) is 13.2 Å². The van der Waals surface area contributed by atoms with Gasteiger partial charge in [0.25, 0.3) is 0 Å². The molecule has 0 aliphatic heterocycles. The molecule has 160 valence electrons. The van der Waals surface area contributed by atoms with Gasteiger partial charge in [-0.2, -0.15) is 13.2 Å². The number of halogens is 3. The van der Waals surface area contributed by atoms with E-state index < -0.39 is 11.8 Å². The molecule has 0 spiro atoms. The monoisotopic (exact) mass is 398 g/mol. The fourth-order valence-electron chi connectivity index (χ4n) is 2.69. The minimum atomic E-state index is -4.83. The van der Waals surface area contributed by atoms with E-state index in [0.29, 0.717) is 18.9 Å². The Labute approximate surface area is 170 Å². The van der Waals surface area contributed by atoms with E-state index in [1.807, 2.05) is 5.92 Å². The molecule has 0 fully saturated rings. The highest BCUT2D eigenvalue weighted by Gasteiger charge is 2.51. The molecule has 1 nitrogen and oxygen atoms in total. The molecule has 1 atom stereocenters. The highest BCUT2D eigenvalue weighted by Crippen LogP contribution is 2.31. The lowest BCUT2D eigenvalue weighted by molar-refractivity contribution is -0.216. The molecule has 0 aromatic heterocycles. The molecule has 0 aromatic rings. The lowest BCUT2D eigenvalue weighted by Crippen LogP contribution is -2.41. The summed E-state index contributed by atoms with van der Waals surface area (Å²) in [6, 6.07) is 0. The first-order valence-electron chi connectivity index (χ1n) is 10.8. The van der Waals surface area contributed by atoms with Crippen molar-refractivity contribution in [2.24, 2.45) is 0 Å².